The highest BCUT2D eigenvalue weighted by Gasteiger charge is 2.22. The highest BCUT2D eigenvalue weighted by atomic mass is 16.2. The van der Waals surface area contributed by atoms with Crippen LogP contribution in [0.25, 0.3) is 0 Å². The van der Waals surface area contributed by atoms with Crippen molar-refractivity contribution in [2.24, 2.45) is 11.8 Å². The second-order valence-corrected chi connectivity index (χ2v) is 8.59. The molecule has 0 aromatic heterocycles. The highest BCUT2D eigenvalue weighted by molar-refractivity contribution is 5.77. The second-order valence-electron chi connectivity index (χ2n) is 8.59. The zero-order chi connectivity index (χ0) is 18.8. The molecule has 0 aromatic rings. The van der Waals surface area contributed by atoms with Gasteiger partial charge in [0.2, 0.25) is 11.8 Å². The van der Waals surface area contributed by atoms with Crippen LogP contribution in [0.3, 0.4) is 0 Å². The van der Waals surface area contributed by atoms with Crippen molar-refractivity contribution in [2.75, 3.05) is 0 Å². The Labute approximate surface area is 160 Å². The van der Waals surface area contributed by atoms with Gasteiger partial charge >= 0.3 is 0 Å². The number of nitrogens with one attached hydrogen (secondary N) is 2. The van der Waals surface area contributed by atoms with Gasteiger partial charge in [-0.2, -0.15) is 0 Å². The van der Waals surface area contributed by atoms with Crippen LogP contribution in [0.15, 0.2) is 0 Å². The van der Waals surface area contributed by atoms with E-state index in [2.05, 4.69) is 24.5 Å². The Hall–Kier alpha value is -1.06. The van der Waals surface area contributed by atoms with Crippen molar-refractivity contribution in [3.63, 3.8) is 0 Å². The molecule has 0 spiro atoms. The molecule has 0 radical (unpaired) electrons. The Morgan fingerprint density at radius 2 is 1.00 bits per heavy atom. The van der Waals surface area contributed by atoms with Crippen molar-refractivity contribution in [1.82, 2.24) is 10.6 Å². The van der Waals surface area contributed by atoms with Gasteiger partial charge in [0.05, 0.1) is 0 Å². The van der Waals surface area contributed by atoms with E-state index in [9.17, 15) is 9.59 Å². The third-order valence-corrected chi connectivity index (χ3v) is 6.64. The zero-order valence-corrected chi connectivity index (χ0v) is 17.0. The fourth-order valence-corrected chi connectivity index (χ4v) is 4.60. The molecule has 2 saturated carbocycles. The summed E-state index contributed by atoms with van der Waals surface area (Å²) < 4.78 is 0. The van der Waals surface area contributed by atoms with Crippen molar-refractivity contribution in [2.45, 2.75) is 116 Å². The average molecular weight is 365 g/mol. The van der Waals surface area contributed by atoms with Gasteiger partial charge in [-0.1, -0.05) is 26.7 Å². The monoisotopic (exact) mass is 364 g/mol. The molecule has 0 aromatic carbocycles. The predicted octanol–water partition coefficient (Wildman–Crippen LogP) is 4.72. The van der Waals surface area contributed by atoms with Gasteiger partial charge in [0.15, 0.2) is 0 Å². The van der Waals surface area contributed by atoms with E-state index in [1.807, 2.05) is 0 Å². The fourth-order valence-electron chi connectivity index (χ4n) is 4.60. The van der Waals surface area contributed by atoms with Gasteiger partial charge in [-0.15, -0.1) is 0 Å². The molecule has 4 heteroatoms. The first-order valence-electron chi connectivity index (χ1n) is 11.2. The number of carbonyl (C=O) groups is 2. The van der Waals surface area contributed by atoms with Crippen molar-refractivity contribution >= 4 is 11.8 Å². The SMILES string of the molecule is CCC1CCC(NC(=O)CCCCC(=O)NC2CCC(CC)CC2)CC1. The van der Waals surface area contributed by atoms with Gasteiger partial charge in [-0.25, -0.2) is 0 Å². The van der Waals surface area contributed by atoms with Crippen LogP contribution in [0.1, 0.15) is 104 Å². The molecule has 4 nitrogen and oxygen atoms in total. The second kappa shape index (κ2) is 11.6. The molecule has 2 rings (SSSR count). The molecule has 2 aliphatic carbocycles. The third kappa shape index (κ3) is 7.67. The minimum Gasteiger partial charge on any atom is -0.353 e. The van der Waals surface area contributed by atoms with E-state index in [-0.39, 0.29) is 11.8 Å². The van der Waals surface area contributed by atoms with Crippen LogP contribution in [0.2, 0.25) is 0 Å². The minimum atomic E-state index is 0.170. The number of hydrogen-bond acceptors (Lipinski definition) is 2. The van der Waals surface area contributed by atoms with E-state index in [4.69, 9.17) is 0 Å². The number of rotatable bonds is 9. The standard InChI is InChI=1S/C22H40N2O2/c1-3-17-9-13-19(14-10-17)23-21(25)7-5-6-8-22(26)24-20-15-11-18(4-2)12-16-20/h17-20H,3-16H2,1-2H3,(H,23,25)(H,24,26). The van der Waals surface area contributed by atoms with Crippen LogP contribution in [-0.2, 0) is 9.59 Å². The molecular weight excluding hydrogens is 324 g/mol. The van der Waals surface area contributed by atoms with E-state index in [0.717, 1.165) is 50.4 Å². The summed E-state index contributed by atoms with van der Waals surface area (Å²) in [6.45, 7) is 4.52. The number of carbonyl (C=O) groups excluding carboxylic acids is 2. The lowest BCUT2D eigenvalue weighted by molar-refractivity contribution is -0.124. The van der Waals surface area contributed by atoms with Crippen molar-refractivity contribution in [3.05, 3.63) is 0 Å². The summed E-state index contributed by atoms with van der Waals surface area (Å²) in [5.41, 5.74) is 0. The normalized spacial score (nSPS) is 29.2. The molecular formula is C22H40N2O2. The zero-order valence-electron chi connectivity index (χ0n) is 17.0. The van der Waals surface area contributed by atoms with Crippen LogP contribution in [0.5, 0.6) is 0 Å². The first-order valence-corrected chi connectivity index (χ1v) is 11.2. The molecule has 0 bridgehead atoms. The summed E-state index contributed by atoms with van der Waals surface area (Å²) in [6, 6.07) is 0.763. The van der Waals surface area contributed by atoms with Crippen LogP contribution in [0, 0.1) is 11.8 Å². The number of unbranched alkanes of at least 4 members (excludes halogenated alkanes) is 1. The van der Waals surface area contributed by atoms with E-state index in [1.54, 1.807) is 0 Å². The molecule has 0 atom stereocenters. The first-order chi connectivity index (χ1) is 12.6. The third-order valence-electron chi connectivity index (χ3n) is 6.64. The smallest absolute Gasteiger partial charge is 0.220 e. The summed E-state index contributed by atoms with van der Waals surface area (Å²) in [5, 5.41) is 6.37. The minimum absolute atomic E-state index is 0.170. The average Bonchev–Trinajstić information content (AvgIpc) is 2.66. The van der Waals surface area contributed by atoms with Crippen LogP contribution >= 0.6 is 0 Å². The predicted molar refractivity (Wildman–Crippen MR) is 107 cm³/mol. The molecule has 2 fully saturated rings. The van der Waals surface area contributed by atoms with Crippen molar-refractivity contribution < 1.29 is 9.59 Å². The quantitative estimate of drug-likeness (QED) is 0.582. The fraction of sp³-hybridized carbons (Fsp3) is 0.909. The van der Waals surface area contributed by atoms with Gasteiger partial charge < -0.3 is 10.6 Å². The molecule has 26 heavy (non-hydrogen) atoms. The number of amides is 2. The van der Waals surface area contributed by atoms with Gasteiger partial charge in [0.25, 0.3) is 0 Å². The maximum Gasteiger partial charge on any atom is 0.220 e. The molecule has 0 aliphatic heterocycles. The lowest BCUT2D eigenvalue weighted by atomic mass is 9.84. The first kappa shape index (κ1) is 21.2. The molecule has 0 heterocycles. The topological polar surface area (TPSA) is 58.2 Å². The molecule has 2 amide bonds. The Kier molecular flexibility index (Phi) is 9.49. The Balaban J connectivity index is 1.49. The molecule has 150 valence electrons. The van der Waals surface area contributed by atoms with Crippen molar-refractivity contribution in [3.8, 4) is 0 Å². The lowest BCUT2D eigenvalue weighted by Gasteiger charge is -2.28. The van der Waals surface area contributed by atoms with Gasteiger partial charge in [-0.05, 0) is 76.0 Å². The Morgan fingerprint density at radius 1 is 0.654 bits per heavy atom. The number of hydrogen-bond donors (Lipinski definition) is 2. The molecule has 2 aliphatic rings. The van der Waals surface area contributed by atoms with Crippen LogP contribution in [-0.4, -0.2) is 23.9 Å². The van der Waals surface area contributed by atoms with E-state index in [0.29, 0.717) is 24.9 Å². The maximum absolute atomic E-state index is 12.1. The van der Waals surface area contributed by atoms with E-state index < -0.39 is 0 Å². The lowest BCUT2D eigenvalue weighted by Crippen LogP contribution is -2.38. The summed E-state index contributed by atoms with van der Waals surface area (Å²) in [7, 11) is 0. The van der Waals surface area contributed by atoms with Crippen molar-refractivity contribution in [1.29, 1.82) is 0 Å². The molecule has 0 saturated heterocycles. The van der Waals surface area contributed by atoms with Crippen LogP contribution in [0.4, 0.5) is 0 Å². The van der Waals surface area contributed by atoms with Crippen LogP contribution < -0.4 is 10.6 Å². The molecule has 2 N–H and O–H groups in total. The summed E-state index contributed by atoms with van der Waals surface area (Å²) in [5.74, 6) is 2.06. The van der Waals surface area contributed by atoms with E-state index >= 15 is 0 Å². The van der Waals surface area contributed by atoms with Gasteiger partial charge in [0.1, 0.15) is 0 Å². The molecule has 0 unspecified atom stereocenters. The largest absolute Gasteiger partial charge is 0.353 e. The van der Waals surface area contributed by atoms with Gasteiger partial charge in [-0.3, -0.25) is 9.59 Å². The van der Waals surface area contributed by atoms with E-state index in [1.165, 1.54) is 38.5 Å². The Morgan fingerprint density at radius 3 is 1.31 bits per heavy atom. The highest BCUT2D eigenvalue weighted by Crippen LogP contribution is 2.27. The summed E-state index contributed by atoms with van der Waals surface area (Å²) in [4.78, 5) is 24.1. The van der Waals surface area contributed by atoms with Gasteiger partial charge in [0, 0.05) is 24.9 Å². The summed E-state index contributed by atoms with van der Waals surface area (Å²) in [6.07, 6.45) is 14.8. The summed E-state index contributed by atoms with van der Waals surface area (Å²) >= 11 is 0. The Bertz CT molecular complexity index is 382. The maximum atomic E-state index is 12.1.